The van der Waals surface area contributed by atoms with Crippen LogP contribution in [0.25, 0.3) is 0 Å². The Morgan fingerprint density at radius 2 is 1.84 bits per heavy atom. The zero-order valence-electron chi connectivity index (χ0n) is 10.3. The van der Waals surface area contributed by atoms with Crippen LogP contribution in [0.15, 0.2) is 48.5 Å². The molecule has 0 aliphatic heterocycles. The van der Waals surface area contributed by atoms with Crippen molar-refractivity contribution < 1.29 is 9.72 Å². The Morgan fingerprint density at radius 3 is 2.47 bits per heavy atom. The van der Waals surface area contributed by atoms with E-state index in [0.29, 0.717) is 5.69 Å². The predicted octanol–water partition coefficient (Wildman–Crippen LogP) is 1.11. The molecule has 1 N–H and O–H groups in total. The van der Waals surface area contributed by atoms with Crippen LogP contribution in [-0.4, -0.2) is 18.7 Å². The number of rotatable bonds is 3. The normalized spacial score (nSPS) is 9.89. The lowest BCUT2D eigenvalue weighted by atomic mass is 9.93. The van der Waals surface area contributed by atoms with E-state index in [0.717, 1.165) is 5.46 Å². The van der Waals surface area contributed by atoms with Crippen molar-refractivity contribution >= 4 is 30.6 Å². The average Bonchev–Trinajstić information content (AvgIpc) is 2.39. The number of amides is 1. The van der Waals surface area contributed by atoms with Crippen LogP contribution in [0.5, 0.6) is 0 Å². The van der Waals surface area contributed by atoms with E-state index in [2.05, 4.69) is 5.32 Å². The largest absolute Gasteiger partial charge is 0.322 e. The van der Waals surface area contributed by atoms with Crippen LogP contribution >= 0.6 is 0 Å². The van der Waals surface area contributed by atoms with Crippen molar-refractivity contribution in [3.8, 4) is 0 Å². The van der Waals surface area contributed by atoms with Crippen LogP contribution in [-0.2, 0) is 0 Å². The first kappa shape index (κ1) is 12.8. The zero-order chi connectivity index (χ0) is 13.8. The molecule has 19 heavy (non-hydrogen) atoms. The van der Waals surface area contributed by atoms with Gasteiger partial charge in [0.05, 0.1) is 4.92 Å². The van der Waals surface area contributed by atoms with Gasteiger partial charge < -0.3 is 5.32 Å². The van der Waals surface area contributed by atoms with Gasteiger partial charge in [-0.1, -0.05) is 29.7 Å². The summed E-state index contributed by atoms with van der Waals surface area (Å²) < 4.78 is 0. The fourth-order valence-corrected chi connectivity index (χ4v) is 1.71. The van der Waals surface area contributed by atoms with E-state index in [1.165, 1.54) is 12.1 Å². The van der Waals surface area contributed by atoms with E-state index >= 15 is 0 Å². The molecule has 0 saturated carbocycles. The maximum Gasteiger partial charge on any atom is 0.282 e. The quantitative estimate of drug-likeness (QED) is 0.506. The van der Waals surface area contributed by atoms with Crippen molar-refractivity contribution in [1.29, 1.82) is 0 Å². The van der Waals surface area contributed by atoms with Crippen molar-refractivity contribution in [2.45, 2.75) is 0 Å². The van der Waals surface area contributed by atoms with Gasteiger partial charge in [-0.15, -0.1) is 0 Å². The minimum atomic E-state index is -0.556. The number of nitro benzene ring substituents is 1. The molecule has 0 saturated heterocycles. The highest BCUT2D eigenvalue weighted by Gasteiger charge is 2.19. The maximum absolute atomic E-state index is 12.1. The number of benzene rings is 2. The van der Waals surface area contributed by atoms with Gasteiger partial charge in [0.1, 0.15) is 13.4 Å². The van der Waals surface area contributed by atoms with Gasteiger partial charge in [-0.3, -0.25) is 14.9 Å². The van der Waals surface area contributed by atoms with E-state index in [4.69, 9.17) is 0 Å². The molecule has 2 aromatic carbocycles. The number of carbonyl (C=O) groups excluding carboxylic acids is 1. The molecule has 0 unspecified atom stereocenters. The summed E-state index contributed by atoms with van der Waals surface area (Å²) in [5.41, 5.74) is 1.26. The van der Waals surface area contributed by atoms with Crippen LogP contribution in [0.4, 0.5) is 11.4 Å². The van der Waals surface area contributed by atoms with Gasteiger partial charge in [0.25, 0.3) is 11.6 Å². The average molecular weight is 254 g/mol. The first-order chi connectivity index (χ1) is 9.08. The van der Waals surface area contributed by atoms with Gasteiger partial charge in [-0.25, -0.2) is 0 Å². The van der Waals surface area contributed by atoms with E-state index in [1.54, 1.807) is 38.2 Å². The van der Waals surface area contributed by atoms with Crippen molar-refractivity contribution in [1.82, 2.24) is 0 Å². The van der Waals surface area contributed by atoms with Crippen LogP contribution < -0.4 is 10.8 Å². The summed E-state index contributed by atoms with van der Waals surface area (Å²) in [4.78, 5) is 22.4. The number of nitrogens with one attached hydrogen (secondary N) is 1. The molecule has 5 nitrogen and oxygen atoms in total. The van der Waals surface area contributed by atoms with Crippen molar-refractivity contribution in [2.24, 2.45) is 0 Å². The molecule has 0 aliphatic carbocycles. The van der Waals surface area contributed by atoms with Crippen LogP contribution in [0.1, 0.15) is 10.4 Å². The molecule has 0 radical (unpaired) electrons. The molecular formula is C13H11BN2O3. The molecule has 2 rings (SSSR count). The lowest BCUT2D eigenvalue weighted by Crippen LogP contribution is -2.17. The molecule has 0 spiro atoms. The minimum absolute atomic E-state index is 0.0638. The fraction of sp³-hybridized carbons (Fsp3) is 0. The van der Waals surface area contributed by atoms with Gasteiger partial charge in [0.15, 0.2) is 0 Å². The Hall–Kier alpha value is -2.63. The molecular weight excluding hydrogens is 243 g/mol. The highest BCUT2D eigenvalue weighted by Crippen LogP contribution is 2.18. The summed E-state index contributed by atoms with van der Waals surface area (Å²) in [6.07, 6.45) is 0. The second-order valence-corrected chi connectivity index (χ2v) is 4.10. The number of hydrogen-bond donors (Lipinski definition) is 1. The van der Waals surface area contributed by atoms with Gasteiger partial charge in [-0.05, 0) is 18.2 Å². The first-order valence-electron chi connectivity index (χ1n) is 5.69. The lowest BCUT2D eigenvalue weighted by molar-refractivity contribution is -0.385. The molecule has 0 aromatic heterocycles. The third-order valence-corrected chi connectivity index (χ3v) is 2.63. The monoisotopic (exact) mass is 254 g/mol. The number of para-hydroxylation sites is 1. The number of hydrogen-bond acceptors (Lipinski definition) is 3. The van der Waals surface area contributed by atoms with E-state index in [1.807, 2.05) is 6.07 Å². The van der Waals surface area contributed by atoms with Crippen molar-refractivity contribution in [3.63, 3.8) is 0 Å². The summed E-state index contributed by atoms with van der Waals surface area (Å²) in [5, 5.41) is 13.6. The second-order valence-electron chi connectivity index (χ2n) is 4.10. The molecule has 1 amide bonds. The smallest absolute Gasteiger partial charge is 0.282 e. The third-order valence-electron chi connectivity index (χ3n) is 2.63. The third kappa shape index (κ3) is 2.98. The van der Waals surface area contributed by atoms with E-state index in [9.17, 15) is 14.9 Å². The fourth-order valence-electron chi connectivity index (χ4n) is 1.71. The highest BCUT2D eigenvalue weighted by atomic mass is 16.6. The Morgan fingerprint density at radius 1 is 1.16 bits per heavy atom. The Labute approximate surface area is 110 Å². The van der Waals surface area contributed by atoms with Crippen molar-refractivity contribution in [2.75, 3.05) is 5.32 Å². The van der Waals surface area contributed by atoms with Gasteiger partial charge in [0.2, 0.25) is 0 Å². The predicted molar refractivity (Wildman–Crippen MR) is 75.7 cm³/mol. The van der Waals surface area contributed by atoms with Crippen molar-refractivity contribution in [3.05, 3.63) is 64.2 Å². The zero-order valence-corrected chi connectivity index (χ0v) is 10.3. The van der Waals surface area contributed by atoms with Gasteiger partial charge >= 0.3 is 0 Å². The molecule has 6 heteroatoms. The SMILES string of the molecule is Bc1ccc([N+](=O)[O-])c(C(=O)Nc2ccccc2)c1. The maximum atomic E-state index is 12.1. The second kappa shape index (κ2) is 5.35. The summed E-state index contributed by atoms with van der Waals surface area (Å²) in [6.45, 7) is 0. The standard InChI is InChI=1S/C13H11BN2O3/c14-9-6-7-12(16(18)19)11(8-9)13(17)15-10-4-2-1-3-5-10/h1-8H,14H2,(H,15,17). The Balaban J connectivity index is 2.33. The van der Waals surface area contributed by atoms with E-state index < -0.39 is 10.8 Å². The molecule has 0 bridgehead atoms. The Bertz CT molecular complexity index is 629. The van der Waals surface area contributed by atoms with Crippen LogP contribution in [0.3, 0.4) is 0 Å². The molecule has 0 atom stereocenters. The summed E-state index contributed by atoms with van der Waals surface area (Å²) in [7, 11) is 1.78. The van der Waals surface area contributed by atoms with Gasteiger partial charge in [0, 0.05) is 11.8 Å². The van der Waals surface area contributed by atoms with Gasteiger partial charge in [-0.2, -0.15) is 0 Å². The molecule has 2 aromatic rings. The lowest BCUT2D eigenvalue weighted by Gasteiger charge is -2.06. The number of nitro groups is 1. The molecule has 0 aliphatic rings. The van der Waals surface area contributed by atoms with Crippen LogP contribution in [0.2, 0.25) is 0 Å². The number of anilines is 1. The van der Waals surface area contributed by atoms with E-state index in [-0.39, 0.29) is 11.3 Å². The number of carbonyl (C=O) groups is 1. The summed E-state index contributed by atoms with van der Waals surface area (Å²) in [5.74, 6) is -0.485. The molecule has 0 heterocycles. The summed E-state index contributed by atoms with van der Waals surface area (Å²) in [6, 6.07) is 13.3. The molecule has 94 valence electrons. The Kier molecular flexibility index (Phi) is 3.61. The minimum Gasteiger partial charge on any atom is -0.322 e. The first-order valence-corrected chi connectivity index (χ1v) is 5.69. The highest BCUT2D eigenvalue weighted by molar-refractivity contribution is 6.33. The number of nitrogens with zero attached hydrogens (tertiary/aromatic N) is 1. The topological polar surface area (TPSA) is 72.2 Å². The summed E-state index contributed by atoms with van der Waals surface area (Å²) >= 11 is 0. The molecule has 0 fully saturated rings. The van der Waals surface area contributed by atoms with Crippen LogP contribution in [0, 0.1) is 10.1 Å².